The summed E-state index contributed by atoms with van der Waals surface area (Å²) < 4.78 is 4.69. The zero-order valence-electron chi connectivity index (χ0n) is 9.14. The summed E-state index contributed by atoms with van der Waals surface area (Å²) in [6.07, 6.45) is 2.87. The van der Waals surface area contributed by atoms with Gasteiger partial charge < -0.3 is 15.4 Å². The molecule has 2 rings (SSSR count). The Balaban J connectivity index is 2.15. The molecule has 0 saturated carbocycles. The number of nitrogen functional groups attached to an aromatic ring is 1. The van der Waals surface area contributed by atoms with Gasteiger partial charge in [-0.2, -0.15) is 0 Å². The van der Waals surface area contributed by atoms with Crippen molar-refractivity contribution in [3.8, 4) is 0 Å². The van der Waals surface area contributed by atoms with Crippen LogP contribution in [0.25, 0.3) is 0 Å². The summed E-state index contributed by atoms with van der Waals surface area (Å²) in [6.45, 7) is 1.24. The molecule has 0 bridgehead atoms. The number of fused-ring (bicyclic) bond motifs is 1. The maximum absolute atomic E-state index is 11.4. The molecule has 6 nitrogen and oxygen atoms in total. The Kier molecular flexibility index (Phi) is 2.89. The average molecular weight is 222 g/mol. The average Bonchev–Trinajstić information content (AvgIpc) is 2.50. The third-order valence-electron chi connectivity index (χ3n) is 2.68. The standard InChI is InChI=1S/C10H14N4O2/c1-16-10(15)14-4-2-7-6-12-9(11)13-8(7)3-5-14/h6H,2-5H2,1H3,(H2,11,12,13). The van der Waals surface area contributed by atoms with Crippen LogP contribution >= 0.6 is 0 Å². The minimum absolute atomic E-state index is 0.283. The number of carbonyl (C=O) groups is 1. The number of rotatable bonds is 0. The van der Waals surface area contributed by atoms with Crippen LogP contribution in [0.2, 0.25) is 0 Å². The molecule has 1 aromatic rings. The first-order chi connectivity index (χ1) is 7.70. The highest BCUT2D eigenvalue weighted by Gasteiger charge is 2.19. The Morgan fingerprint density at radius 1 is 1.50 bits per heavy atom. The van der Waals surface area contributed by atoms with E-state index in [0.29, 0.717) is 19.5 Å². The summed E-state index contributed by atoms with van der Waals surface area (Å²) in [6, 6.07) is 0. The maximum atomic E-state index is 11.4. The molecular formula is C10H14N4O2. The van der Waals surface area contributed by atoms with Gasteiger partial charge in [-0.05, 0) is 12.0 Å². The van der Waals surface area contributed by atoms with Crippen molar-refractivity contribution in [1.29, 1.82) is 0 Å². The van der Waals surface area contributed by atoms with E-state index in [1.54, 1.807) is 11.1 Å². The number of amides is 1. The van der Waals surface area contributed by atoms with Crippen LogP contribution in [0.3, 0.4) is 0 Å². The lowest BCUT2D eigenvalue weighted by Gasteiger charge is -2.17. The Hall–Kier alpha value is -1.85. The number of ether oxygens (including phenoxy) is 1. The second kappa shape index (κ2) is 4.34. The Labute approximate surface area is 93.4 Å². The monoisotopic (exact) mass is 222 g/mol. The van der Waals surface area contributed by atoms with Gasteiger partial charge in [0, 0.05) is 25.7 Å². The summed E-state index contributed by atoms with van der Waals surface area (Å²) in [5, 5.41) is 0. The molecule has 2 heterocycles. The molecule has 1 aliphatic rings. The number of anilines is 1. The van der Waals surface area contributed by atoms with Gasteiger partial charge in [0.15, 0.2) is 0 Å². The minimum atomic E-state index is -0.297. The van der Waals surface area contributed by atoms with Gasteiger partial charge in [-0.25, -0.2) is 14.8 Å². The second-order valence-electron chi connectivity index (χ2n) is 3.66. The topological polar surface area (TPSA) is 81.3 Å². The van der Waals surface area contributed by atoms with Crippen LogP contribution in [0.1, 0.15) is 11.3 Å². The van der Waals surface area contributed by atoms with Crippen molar-refractivity contribution < 1.29 is 9.53 Å². The van der Waals surface area contributed by atoms with Crippen molar-refractivity contribution in [2.24, 2.45) is 0 Å². The van der Waals surface area contributed by atoms with Crippen LogP contribution in [0.15, 0.2) is 6.20 Å². The molecule has 1 aromatic heterocycles. The van der Waals surface area contributed by atoms with Gasteiger partial charge >= 0.3 is 6.09 Å². The lowest BCUT2D eigenvalue weighted by Crippen LogP contribution is -2.33. The molecule has 0 saturated heterocycles. The van der Waals surface area contributed by atoms with Crippen LogP contribution < -0.4 is 5.73 Å². The van der Waals surface area contributed by atoms with E-state index < -0.39 is 0 Å². The molecular weight excluding hydrogens is 208 g/mol. The van der Waals surface area contributed by atoms with Gasteiger partial charge in [0.25, 0.3) is 0 Å². The van der Waals surface area contributed by atoms with Crippen molar-refractivity contribution in [2.75, 3.05) is 25.9 Å². The SMILES string of the molecule is COC(=O)N1CCc2cnc(N)nc2CC1. The lowest BCUT2D eigenvalue weighted by atomic mass is 10.1. The second-order valence-corrected chi connectivity index (χ2v) is 3.66. The molecule has 6 heteroatoms. The number of carbonyl (C=O) groups excluding carboxylic acids is 1. The number of methoxy groups -OCH3 is 1. The predicted molar refractivity (Wildman–Crippen MR) is 57.8 cm³/mol. The predicted octanol–water partition coefficient (Wildman–Crippen LogP) is 0.226. The summed E-state index contributed by atoms with van der Waals surface area (Å²) in [5.41, 5.74) is 7.51. The van der Waals surface area contributed by atoms with E-state index in [1.807, 2.05) is 0 Å². The van der Waals surface area contributed by atoms with Gasteiger partial charge in [-0.15, -0.1) is 0 Å². The molecule has 2 N–H and O–H groups in total. The summed E-state index contributed by atoms with van der Waals surface area (Å²) in [4.78, 5) is 21.2. The fourth-order valence-electron chi connectivity index (χ4n) is 1.80. The van der Waals surface area contributed by atoms with E-state index in [2.05, 4.69) is 9.97 Å². The van der Waals surface area contributed by atoms with E-state index >= 15 is 0 Å². The van der Waals surface area contributed by atoms with Gasteiger partial charge in [-0.1, -0.05) is 0 Å². The van der Waals surface area contributed by atoms with Gasteiger partial charge in [-0.3, -0.25) is 0 Å². The minimum Gasteiger partial charge on any atom is -0.453 e. The van der Waals surface area contributed by atoms with Crippen molar-refractivity contribution in [2.45, 2.75) is 12.8 Å². The Morgan fingerprint density at radius 3 is 3.00 bits per heavy atom. The third-order valence-corrected chi connectivity index (χ3v) is 2.68. The molecule has 0 fully saturated rings. The lowest BCUT2D eigenvalue weighted by molar-refractivity contribution is 0.125. The number of nitrogens with zero attached hydrogens (tertiary/aromatic N) is 3. The van der Waals surface area contributed by atoms with Gasteiger partial charge in [0.05, 0.1) is 12.8 Å². The number of nitrogens with two attached hydrogens (primary N) is 1. The molecule has 86 valence electrons. The number of hydrogen-bond acceptors (Lipinski definition) is 5. The van der Waals surface area contributed by atoms with E-state index in [-0.39, 0.29) is 12.0 Å². The summed E-state index contributed by atoms with van der Waals surface area (Å²) in [7, 11) is 1.39. The normalized spacial score (nSPS) is 15.2. The first kappa shape index (κ1) is 10.7. The van der Waals surface area contributed by atoms with E-state index in [0.717, 1.165) is 17.7 Å². The number of hydrogen-bond donors (Lipinski definition) is 1. The molecule has 0 atom stereocenters. The van der Waals surface area contributed by atoms with Crippen molar-refractivity contribution >= 4 is 12.0 Å². The van der Waals surface area contributed by atoms with E-state index in [1.165, 1.54) is 7.11 Å². The van der Waals surface area contributed by atoms with Crippen molar-refractivity contribution in [3.05, 3.63) is 17.5 Å². The Bertz CT molecular complexity index is 408. The quantitative estimate of drug-likeness (QED) is 0.679. The van der Waals surface area contributed by atoms with E-state index in [9.17, 15) is 4.79 Å². The van der Waals surface area contributed by atoms with Crippen LogP contribution in [0, 0.1) is 0 Å². The van der Waals surface area contributed by atoms with E-state index in [4.69, 9.17) is 10.5 Å². The zero-order chi connectivity index (χ0) is 11.5. The fourth-order valence-corrected chi connectivity index (χ4v) is 1.80. The van der Waals surface area contributed by atoms with Gasteiger partial charge in [0.2, 0.25) is 5.95 Å². The van der Waals surface area contributed by atoms with Crippen molar-refractivity contribution in [3.63, 3.8) is 0 Å². The number of aromatic nitrogens is 2. The maximum Gasteiger partial charge on any atom is 0.409 e. The smallest absolute Gasteiger partial charge is 0.409 e. The molecule has 0 spiro atoms. The molecule has 0 aliphatic carbocycles. The first-order valence-electron chi connectivity index (χ1n) is 5.14. The molecule has 0 radical (unpaired) electrons. The van der Waals surface area contributed by atoms with Crippen molar-refractivity contribution in [1.82, 2.24) is 14.9 Å². The molecule has 0 unspecified atom stereocenters. The largest absolute Gasteiger partial charge is 0.453 e. The fraction of sp³-hybridized carbons (Fsp3) is 0.500. The van der Waals surface area contributed by atoms with Gasteiger partial charge in [0.1, 0.15) is 0 Å². The van der Waals surface area contributed by atoms with Crippen LogP contribution in [-0.4, -0.2) is 41.2 Å². The molecule has 1 aliphatic heterocycles. The van der Waals surface area contributed by atoms with Crippen LogP contribution in [0.5, 0.6) is 0 Å². The first-order valence-corrected chi connectivity index (χ1v) is 5.14. The zero-order valence-corrected chi connectivity index (χ0v) is 9.14. The molecule has 1 amide bonds. The summed E-state index contributed by atoms with van der Waals surface area (Å²) >= 11 is 0. The molecule has 16 heavy (non-hydrogen) atoms. The van der Waals surface area contributed by atoms with Crippen LogP contribution in [-0.2, 0) is 17.6 Å². The van der Waals surface area contributed by atoms with Crippen LogP contribution in [0.4, 0.5) is 10.7 Å². The highest BCUT2D eigenvalue weighted by atomic mass is 16.5. The molecule has 0 aromatic carbocycles. The third kappa shape index (κ3) is 2.05. The highest BCUT2D eigenvalue weighted by Crippen LogP contribution is 2.14. The summed E-state index contributed by atoms with van der Waals surface area (Å²) in [5.74, 6) is 0.283. The Morgan fingerprint density at radius 2 is 2.25 bits per heavy atom. The highest BCUT2D eigenvalue weighted by molar-refractivity contribution is 5.67.